The quantitative estimate of drug-likeness (QED) is 0.567. The molecule has 0 spiro atoms. The molecule has 208 valence electrons. The van der Waals surface area contributed by atoms with Gasteiger partial charge in [0.15, 0.2) is 0 Å². The number of fused-ring (bicyclic) bond motifs is 1. The van der Waals surface area contributed by atoms with Crippen molar-refractivity contribution < 1.29 is 22.4 Å². The Kier molecular flexibility index (Phi) is 6.87. The van der Waals surface area contributed by atoms with E-state index in [0.717, 1.165) is 24.1 Å². The predicted molar refractivity (Wildman–Crippen MR) is 146 cm³/mol. The van der Waals surface area contributed by atoms with Crippen LogP contribution in [0.2, 0.25) is 0 Å². The monoisotopic (exact) mass is 554 g/mol. The number of rotatable bonds is 5. The largest absolute Gasteiger partial charge is 0.366 e. The van der Waals surface area contributed by atoms with E-state index in [1.165, 1.54) is 10.4 Å². The van der Waals surface area contributed by atoms with Crippen LogP contribution < -0.4 is 9.80 Å². The number of piperidine rings is 1. The maximum absolute atomic E-state index is 14.1. The lowest BCUT2D eigenvalue weighted by Crippen LogP contribution is -2.52. The summed E-state index contributed by atoms with van der Waals surface area (Å²) in [5, 5.41) is 0. The molecule has 0 unspecified atom stereocenters. The molecular formula is C29H35FN4O4S. The van der Waals surface area contributed by atoms with Crippen LogP contribution in [-0.4, -0.2) is 74.7 Å². The van der Waals surface area contributed by atoms with Crippen LogP contribution in [0.1, 0.15) is 38.2 Å². The Balaban J connectivity index is 1.06. The third-order valence-electron chi connectivity index (χ3n) is 8.66. The summed E-state index contributed by atoms with van der Waals surface area (Å²) in [6, 6.07) is 11.8. The molecule has 8 nitrogen and oxygen atoms in total. The number of anilines is 2. The number of carbonyl (C=O) groups excluding carboxylic acids is 2. The van der Waals surface area contributed by atoms with Gasteiger partial charge >= 0.3 is 0 Å². The van der Waals surface area contributed by atoms with E-state index >= 15 is 0 Å². The molecule has 3 aliphatic heterocycles. The van der Waals surface area contributed by atoms with Crippen LogP contribution >= 0.6 is 0 Å². The predicted octanol–water partition coefficient (Wildman–Crippen LogP) is 3.26. The maximum atomic E-state index is 14.1. The highest BCUT2D eigenvalue weighted by Gasteiger charge is 2.40. The van der Waals surface area contributed by atoms with Gasteiger partial charge in [-0.2, -0.15) is 4.31 Å². The lowest BCUT2D eigenvalue weighted by molar-refractivity contribution is -0.137. The zero-order valence-electron chi connectivity index (χ0n) is 22.3. The van der Waals surface area contributed by atoms with Gasteiger partial charge in [0.05, 0.1) is 10.6 Å². The van der Waals surface area contributed by atoms with E-state index in [1.54, 1.807) is 30.3 Å². The smallest absolute Gasteiger partial charge is 0.243 e. The number of carbonyl (C=O) groups is 2. The van der Waals surface area contributed by atoms with E-state index in [0.29, 0.717) is 64.2 Å². The zero-order chi connectivity index (χ0) is 27.3. The fourth-order valence-electron chi connectivity index (χ4n) is 6.26. The maximum Gasteiger partial charge on any atom is 0.243 e. The summed E-state index contributed by atoms with van der Waals surface area (Å²) < 4.78 is 42.6. The van der Waals surface area contributed by atoms with E-state index in [-0.39, 0.29) is 40.4 Å². The molecule has 3 fully saturated rings. The molecule has 6 rings (SSSR count). The van der Waals surface area contributed by atoms with Crippen molar-refractivity contribution in [2.45, 2.75) is 50.0 Å². The average Bonchev–Trinajstić information content (AvgIpc) is 3.74. The minimum atomic E-state index is -3.70. The van der Waals surface area contributed by atoms with E-state index in [2.05, 4.69) is 0 Å². The first kappa shape index (κ1) is 26.3. The number of nitrogens with zero attached hydrogens (tertiary/aromatic N) is 4. The number of benzene rings is 2. The Morgan fingerprint density at radius 3 is 2.15 bits per heavy atom. The van der Waals surface area contributed by atoms with E-state index in [4.69, 9.17) is 0 Å². The molecule has 3 heterocycles. The molecular weight excluding hydrogens is 519 g/mol. The van der Waals surface area contributed by atoms with Gasteiger partial charge in [-0.05, 0) is 74.9 Å². The van der Waals surface area contributed by atoms with Crippen LogP contribution in [-0.2, 0) is 26.0 Å². The van der Waals surface area contributed by atoms with Crippen molar-refractivity contribution in [3.63, 3.8) is 0 Å². The van der Waals surface area contributed by atoms with Crippen molar-refractivity contribution in [3.8, 4) is 0 Å². The number of para-hydroxylation sites is 1. The number of halogens is 1. The summed E-state index contributed by atoms with van der Waals surface area (Å²) in [5.41, 5.74) is 2.29. The molecule has 10 heteroatoms. The van der Waals surface area contributed by atoms with Crippen molar-refractivity contribution in [1.82, 2.24) is 9.21 Å². The summed E-state index contributed by atoms with van der Waals surface area (Å²) in [4.78, 5) is 31.9. The van der Waals surface area contributed by atoms with Crippen LogP contribution in [0.5, 0.6) is 0 Å². The number of hydrogen-bond donors (Lipinski definition) is 0. The van der Waals surface area contributed by atoms with Gasteiger partial charge in [-0.1, -0.05) is 12.1 Å². The molecule has 4 aliphatic rings. The second-order valence-electron chi connectivity index (χ2n) is 11.3. The average molecular weight is 555 g/mol. The third-order valence-corrected chi connectivity index (χ3v) is 10.6. The molecule has 0 aromatic heterocycles. The first-order valence-electron chi connectivity index (χ1n) is 14.0. The zero-order valence-corrected chi connectivity index (χ0v) is 23.1. The SMILES string of the molecule is C[C@H]1Cc2cc(S(=O)(=O)N3CCC(C(=O)N4CCN(c5ccccc5F)CC4)CC3)ccc2N1C(=O)C1CC1. The minimum Gasteiger partial charge on any atom is -0.366 e. The van der Waals surface area contributed by atoms with Crippen molar-refractivity contribution >= 4 is 33.2 Å². The van der Waals surface area contributed by atoms with Gasteiger partial charge in [-0.3, -0.25) is 9.59 Å². The molecule has 1 aliphatic carbocycles. The molecule has 2 amide bonds. The van der Waals surface area contributed by atoms with E-state index < -0.39 is 10.0 Å². The summed E-state index contributed by atoms with van der Waals surface area (Å²) in [7, 11) is -3.70. The third kappa shape index (κ3) is 4.93. The molecule has 2 aromatic rings. The molecule has 2 saturated heterocycles. The Bertz CT molecular complexity index is 1380. The van der Waals surface area contributed by atoms with Crippen LogP contribution in [0.4, 0.5) is 15.8 Å². The fourth-order valence-corrected chi connectivity index (χ4v) is 7.78. The van der Waals surface area contributed by atoms with Crippen LogP contribution in [0, 0.1) is 17.7 Å². The van der Waals surface area contributed by atoms with Crippen LogP contribution in [0.25, 0.3) is 0 Å². The normalized spacial score (nSPS) is 22.7. The van der Waals surface area contributed by atoms with Crippen LogP contribution in [0.3, 0.4) is 0 Å². The number of hydrogen-bond acceptors (Lipinski definition) is 5. The molecule has 1 atom stereocenters. The van der Waals surface area contributed by atoms with Crippen molar-refractivity contribution in [3.05, 3.63) is 53.8 Å². The molecule has 1 saturated carbocycles. The Morgan fingerprint density at radius 1 is 0.821 bits per heavy atom. The second-order valence-corrected chi connectivity index (χ2v) is 13.2. The van der Waals surface area contributed by atoms with Crippen molar-refractivity contribution in [2.75, 3.05) is 49.1 Å². The summed E-state index contributed by atoms with van der Waals surface area (Å²) >= 11 is 0. The van der Waals surface area contributed by atoms with E-state index in [9.17, 15) is 22.4 Å². The first-order valence-corrected chi connectivity index (χ1v) is 15.4. The number of sulfonamides is 1. The molecule has 0 radical (unpaired) electrons. The van der Waals surface area contributed by atoms with Gasteiger partial charge in [0.25, 0.3) is 0 Å². The lowest BCUT2D eigenvalue weighted by atomic mass is 9.96. The minimum absolute atomic E-state index is 0.0291. The summed E-state index contributed by atoms with van der Waals surface area (Å²) in [6.07, 6.45) is 3.49. The Morgan fingerprint density at radius 2 is 1.49 bits per heavy atom. The number of amides is 2. The first-order chi connectivity index (χ1) is 18.7. The van der Waals surface area contributed by atoms with Crippen molar-refractivity contribution in [2.24, 2.45) is 11.8 Å². The van der Waals surface area contributed by atoms with Gasteiger partial charge in [0.1, 0.15) is 5.82 Å². The molecule has 2 aromatic carbocycles. The topological polar surface area (TPSA) is 81.2 Å². The number of piperazine rings is 1. The van der Waals surface area contributed by atoms with E-state index in [1.807, 2.05) is 27.7 Å². The fraction of sp³-hybridized carbons (Fsp3) is 0.517. The van der Waals surface area contributed by atoms with Gasteiger partial charge in [0, 0.05) is 62.8 Å². The Labute approximate surface area is 229 Å². The van der Waals surface area contributed by atoms with Gasteiger partial charge in [-0.15, -0.1) is 0 Å². The molecule has 0 N–H and O–H groups in total. The highest BCUT2D eigenvalue weighted by molar-refractivity contribution is 7.89. The standard InChI is InChI=1S/C29H35FN4O4S/c1-20-18-23-19-24(8-9-26(23)34(20)29(36)21-6-7-21)39(37,38)33-12-10-22(11-13-33)28(35)32-16-14-31(15-17-32)27-5-3-2-4-25(27)30/h2-5,8-9,19-22H,6-7,10-18H2,1H3/t20-/m0/s1. The summed E-state index contributed by atoms with van der Waals surface area (Å²) in [6.45, 7) is 4.80. The highest BCUT2D eigenvalue weighted by atomic mass is 32.2. The van der Waals surface area contributed by atoms with Crippen LogP contribution in [0.15, 0.2) is 47.4 Å². The molecule has 39 heavy (non-hydrogen) atoms. The van der Waals surface area contributed by atoms with Gasteiger partial charge in [0.2, 0.25) is 21.8 Å². The Hall–Kier alpha value is -2.98. The van der Waals surface area contributed by atoms with Crippen molar-refractivity contribution in [1.29, 1.82) is 0 Å². The molecule has 0 bridgehead atoms. The lowest BCUT2D eigenvalue weighted by Gasteiger charge is -2.39. The highest BCUT2D eigenvalue weighted by Crippen LogP contribution is 2.40. The summed E-state index contributed by atoms with van der Waals surface area (Å²) in [5.74, 6) is -0.141. The second kappa shape index (κ2) is 10.2. The van der Waals surface area contributed by atoms with Gasteiger partial charge in [-0.25, -0.2) is 12.8 Å². The van der Waals surface area contributed by atoms with Gasteiger partial charge < -0.3 is 14.7 Å².